The van der Waals surface area contributed by atoms with Crippen molar-refractivity contribution in [2.45, 2.75) is 19.8 Å². The summed E-state index contributed by atoms with van der Waals surface area (Å²) in [5.74, 6) is 1.38. The van der Waals surface area contributed by atoms with Crippen molar-refractivity contribution >= 4 is 27.0 Å². The molecule has 1 unspecified atom stereocenters. The maximum atomic E-state index is 9.89. The van der Waals surface area contributed by atoms with Crippen molar-refractivity contribution in [1.29, 1.82) is 0 Å². The summed E-state index contributed by atoms with van der Waals surface area (Å²) in [6, 6.07) is 15.4. The fourth-order valence-electron chi connectivity index (χ4n) is 2.22. The second kappa shape index (κ2) is 5.87. The third-order valence-electron chi connectivity index (χ3n) is 3.23. The second-order valence-corrected chi connectivity index (χ2v) is 5.71. The summed E-state index contributed by atoms with van der Waals surface area (Å²) in [7, 11) is 0. The lowest BCUT2D eigenvalue weighted by Crippen LogP contribution is -2.11. The summed E-state index contributed by atoms with van der Waals surface area (Å²) in [4.78, 5) is 4.46. The number of aromatic nitrogens is 2. The Morgan fingerprint density at radius 1 is 1.19 bits per heavy atom. The van der Waals surface area contributed by atoms with Gasteiger partial charge in [0.05, 0.1) is 11.0 Å². The van der Waals surface area contributed by atoms with Crippen LogP contribution in [0.2, 0.25) is 0 Å². The van der Waals surface area contributed by atoms with Crippen LogP contribution in [0, 0.1) is 0 Å². The number of fused-ring (bicyclic) bond motifs is 1. The molecule has 3 rings (SSSR count). The van der Waals surface area contributed by atoms with Crippen LogP contribution in [0.15, 0.2) is 53.0 Å². The summed E-state index contributed by atoms with van der Waals surface area (Å²) in [6.45, 7) is 2.01. The first-order chi connectivity index (χ1) is 10.1. The van der Waals surface area contributed by atoms with Crippen LogP contribution in [-0.4, -0.2) is 14.7 Å². The molecule has 3 aromatic rings. The van der Waals surface area contributed by atoms with Crippen LogP contribution < -0.4 is 4.74 Å². The van der Waals surface area contributed by atoms with Crippen molar-refractivity contribution in [3.8, 4) is 5.75 Å². The number of aliphatic hydroxyl groups excluding tert-OH is 1. The van der Waals surface area contributed by atoms with Crippen molar-refractivity contribution < 1.29 is 9.84 Å². The Bertz CT molecular complexity index is 751. The van der Waals surface area contributed by atoms with Crippen molar-refractivity contribution in [3.63, 3.8) is 0 Å². The molecule has 0 aliphatic heterocycles. The van der Waals surface area contributed by atoms with Gasteiger partial charge in [-0.1, -0.05) is 28.1 Å². The monoisotopic (exact) mass is 346 g/mol. The predicted octanol–water partition coefficient (Wildman–Crippen LogP) is 3.89. The number of aliphatic hydroxyl groups is 1. The van der Waals surface area contributed by atoms with E-state index in [-0.39, 0.29) is 0 Å². The van der Waals surface area contributed by atoms with E-state index in [1.54, 1.807) is 6.92 Å². The molecular weight excluding hydrogens is 332 g/mol. The van der Waals surface area contributed by atoms with E-state index in [0.717, 1.165) is 21.3 Å². The van der Waals surface area contributed by atoms with Crippen LogP contribution in [0.25, 0.3) is 11.0 Å². The third kappa shape index (κ3) is 2.94. The van der Waals surface area contributed by atoms with Gasteiger partial charge in [-0.25, -0.2) is 4.98 Å². The summed E-state index contributed by atoms with van der Waals surface area (Å²) >= 11 is 3.39. The summed E-state index contributed by atoms with van der Waals surface area (Å²) < 4.78 is 8.69. The van der Waals surface area contributed by atoms with E-state index in [0.29, 0.717) is 12.6 Å². The number of benzene rings is 2. The molecule has 0 bridgehead atoms. The van der Waals surface area contributed by atoms with E-state index < -0.39 is 6.10 Å². The topological polar surface area (TPSA) is 47.3 Å². The first-order valence-electron chi connectivity index (χ1n) is 6.67. The average molecular weight is 347 g/mol. The molecule has 1 atom stereocenters. The highest BCUT2D eigenvalue weighted by atomic mass is 79.9. The summed E-state index contributed by atoms with van der Waals surface area (Å²) in [6.07, 6.45) is -0.647. The lowest BCUT2D eigenvalue weighted by molar-refractivity contribution is 0.167. The fraction of sp³-hybridized carbons (Fsp3) is 0.188. The minimum Gasteiger partial charge on any atom is -0.473 e. The summed E-state index contributed by atoms with van der Waals surface area (Å²) in [5.41, 5.74) is 1.80. The Morgan fingerprint density at radius 2 is 1.90 bits per heavy atom. The second-order valence-electron chi connectivity index (χ2n) is 4.79. The van der Waals surface area contributed by atoms with E-state index in [2.05, 4.69) is 20.9 Å². The number of halogens is 1. The Kier molecular flexibility index (Phi) is 3.94. The Balaban J connectivity index is 1.91. The molecule has 4 nitrogen and oxygen atoms in total. The predicted molar refractivity (Wildman–Crippen MR) is 85.1 cm³/mol. The van der Waals surface area contributed by atoms with E-state index >= 15 is 0 Å². The normalized spacial score (nSPS) is 12.5. The maximum Gasteiger partial charge on any atom is 0.166 e. The van der Waals surface area contributed by atoms with Gasteiger partial charge in [0.25, 0.3) is 0 Å². The minimum absolute atomic E-state index is 0.308. The van der Waals surface area contributed by atoms with Gasteiger partial charge in [-0.05, 0) is 43.3 Å². The minimum atomic E-state index is -0.647. The van der Waals surface area contributed by atoms with Gasteiger partial charge in [0.1, 0.15) is 17.7 Å². The van der Waals surface area contributed by atoms with Gasteiger partial charge in [-0.15, -0.1) is 0 Å². The van der Waals surface area contributed by atoms with E-state index in [4.69, 9.17) is 4.74 Å². The lowest BCUT2D eigenvalue weighted by atomic mass is 10.3. The molecule has 0 saturated carbocycles. The molecule has 1 heterocycles. The number of hydrogen-bond donors (Lipinski definition) is 1. The molecule has 0 amide bonds. The molecule has 0 fully saturated rings. The van der Waals surface area contributed by atoms with Crippen LogP contribution in [0.4, 0.5) is 0 Å². The van der Waals surface area contributed by atoms with Gasteiger partial charge in [-0.3, -0.25) is 4.57 Å². The molecule has 5 heteroatoms. The van der Waals surface area contributed by atoms with Crippen LogP contribution in [0.3, 0.4) is 0 Å². The van der Waals surface area contributed by atoms with Gasteiger partial charge < -0.3 is 9.84 Å². The first-order valence-corrected chi connectivity index (χ1v) is 7.46. The molecule has 0 radical (unpaired) electrons. The molecule has 1 N–H and O–H groups in total. The quantitative estimate of drug-likeness (QED) is 0.779. The van der Waals surface area contributed by atoms with Crippen molar-refractivity contribution in [1.82, 2.24) is 9.55 Å². The number of ether oxygens (including phenoxy) is 1. The number of hydrogen-bond acceptors (Lipinski definition) is 3. The van der Waals surface area contributed by atoms with Crippen LogP contribution >= 0.6 is 15.9 Å². The molecule has 0 aliphatic carbocycles. The van der Waals surface area contributed by atoms with Gasteiger partial charge in [0.2, 0.25) is 0 Å². The zero-order valence-corrected chi connectivity index (χ0v) is 13.1. The summed E-state index contributed by atoms with van der Waals surface area (Å²) in [5, 5.41) is 9.89. The van der Waals surface area contributed by atoms with Crippen molar-refractivity contribution in [2.24, 2.45) is 0 Å². The van der Waals surface area contributed by atoms with Gasteiger partial charge >= 0.3 is 0 Å². The lowest BCUT2D eigenvalue weighted by Gasteiger charge is -2.12. The third-order valence-corrected chi connectivity index (χ3v) is 3.76. The molecule has 1 aromatic heterocycles. The van der Waals surface area contributed by atoms with Crippen molar-refractivity contribution in [3.05, 3.63) is 58.8 Å². The van der Waals surface area contributed by atoms with Crippen molar-refractivity contribution in [2.75, 3.05) is 0 Å². The van der Waals surface area contributed by atoms with Gasteiger partial charge in [-0.2, -0.15) is 0 Å². The van der Waals surface area contributed by atoms with E-state index in [1.807, 2.05) is 53.1 Å². The smallest absolute Gasteiger partial charge is 0.166 e. The number of para-hydroxylation sites is 2. The molecule has 0 aliphatic rings. The average Bonchev–Trinajstić information content (AvgIpc) is 2.86. The highest BCUT2D eigenvalue weighted by Gasteiger charge is 2.14. The number of imidazole rings is 1. The van der Waals surface area contributed by atoms with E-state index in [9.17, 15) is 5.11 Å². The SMILES string of the molecule is CC(O)c1nc2ccccc2n1COc1ccc(Br)cc1. The van der Waals surface area contributed by atoms with Gasteiger partial charge in [0, 0.05) is 4.47 Å². The fourth-order valence-corrected chi connectivity index (χ4v) is 2.48. The Hall–Kier alpha value is -1.85. The maximum absolute atomic E-state index is 9.89. The highest BCUT2D eigenvalue weighted by Crippen LogP contribution is 2.22. The molecule has 0 spiro atoms. The molecule has 21 heavy (non-hydrogen) atoms. The molecule has 0 saturated heterocycles. The van der Waals surface area contributed by atoms with E-state index in [1.165, 1.54) is 0 Å². The highest BCUT2D eigenvalue weighted by molar-refractivity contribution is 9.10. The van der Waals surface area contributed by atoms with Crippen LogP contribution in [0.1, 0.15) is 18.9 Å². The number of nitrogens with zero attached hydrogens (tertiary/aromatic N) is 2. The molecule has 2 aromatic carbocycles. The molecular formula is C16H15BrN2O2. The zero-order chi connectivity index (χ0) is 14.8. The van der Waals surface area contributed by atoms with Crippen LogP contribution in [-0.2, 0) is 6.73 Å². The van der Waals surface area contributed by atoms with Gasteiger partial charge in [0.15, 0.2) is 6.73 Å². The Labute approximate surface area is 131 Å². The molecule has 108 valence electrons. The largest absolute Gasteiger partial charge is 0.473 e. The van der Waals surface area contributed by atoms with Crippen LogP contribution in [0.5, 0.6) is 5.75 Å². The zero-order valence-electron chi connectivity index (χ0n) is 11.5. The standard InChI is InChI=1S/C16H15BrN2O2/c1-11(20)16-18-14-4-2-3-5-15(14)19(16)10-21-13-8-6-12(17)7-9-13/h2-9,11,20H,10H2,1H3. The Morgan fingerprint density at radius 3 is 2.62 bits per heavy atom. The first kappa shape index (κ1) is 14.1. The number of rotatable bonds is 4.